The number of carbonyl (C=O) groups excluding carboxylic acids is 1. The van der Waals surface area contributed by atoms with Crippen molar-refractivity contribution >= 4 is 5.91 Å². The van der Waals surface area contributed by atoms with Crippen molar-refractivity contribution in [1.82, 2.24) is 4.90 Å². The van der Waals surface area contributed by atoms with E-state index < -0.39 is 17.8 Å². The van der Waals surface area contributed by atoms with Gasteiger partial charge in [0.05, 0.1) is 5.56 Å². The molecule has 1 saturated heterocycles. The summed E-state index contributed by atoms with van der Waals surface area (Å²) in [5.41, 5.74) is 6.18. The van der Waals surface area contributed by atoms with Gasteiger partial charge in [-0.05, 0) is 61.5 Å². The minimum Gasteiger partial charge on any atom is -0.491 e. The fourth-order valence-corrected chi connectivity index (χ4v) is 4.06. The van der Waals surface area contributed by atoms with Crippen LogP contribution in [0.3, 0.4) is 0 Å². The average Bonchev–Trinajstić information content (AvgIpc) is 2.77. The van der Waals surface area contributed by atoms with Crippen LogP contribution in [0, 0.1) is 0 Å². The molecule has 0 spiro atoms. The van der Waals surface area contributed by atoms with Gasteiger partial charge in [-0.1, -0.05) is 36.4 Å². The molecule has 2 aromatic rings. The number of rotatable bonds is 9. The van der Waals surface area contributed by atoms with Crippen LogP contribution < -0.4 is 10.5 Å². The number of hydrogen-bond donors (Lipinski definition) is 2. The van der Waals surface area contributed by atoms with E-state index >= 15 is 0 Å². The summed E-state index contributed by atoms with van der Waals surface area (Å²) >= 11 is 0. The lowest BCUT2D eigenvalue weighted by atomic mass is 9.88. The highest BCUT2D eigenvalue weighted by molar-refractivity contribution is 5.74. The minimum absolute atomic E-state index is 0.0825. The quantitative estimate of drug-likeness (QED) is 0.610. The Bertz CT molecular complexity index is 896. The number of nitrogens with two attached hydrogens (primary N) is 1. The van der Waals surface area contributed by atoms with Gasteiger partial charge in [-0.2, -0.15) is 13.2 Å². The number of alkyl halides is 3. The number of aliphatic hydroxyl groups is 1. The van der Waals surface area contributed by atoms with E-state index in [0.29, 0.717) is 31.8 Å². The van der Waals surface area contributed by atoms with Gasteiger partial charge in [0, 0.05) is 13.0 Å². The van der Waals surface area contributed by atoms with Crippen LogP contribution in [0.5, 0.6) is 5.75 Å². The average molecular weight is 451 g/mol. The molecule has 0 saturated carbocycles. The first-order valence-corrected chi connectivity index (χ1v) is 10.8. The first kappa shape index (κ1) is 24.1. The van der Waals surface area contributed by atoms with Gasteiger partial charge in [0.25, 0.3) is 0 Å². The molecule has 3 rings (SSSR count). The molecule has 1 aliphatic rings. The van der Waals surface area contributed by atoms with E-state index in [-0.39, 0.29) is 24.9 Å². The second-order valence-electron chi connectivity index (χ2n) is 8.24. The molecule has 174 valence electrons. The van der Waals surface area contributed by atoms with Crippen molar-refractivity contribution in [1.29, 1.82) is 0 Å². The lowest BCUT2D eigenvalue weighted by Gasteiger charge is -2.33. The highest BCUT2D eigenvalue weighted by Gasteiger charge is 2.31. The summed E-state index contributed by atoms with van der Waals surface area (Å²) in [6.07, 6.45) is -2.85. The summed E-state index contributed by atoms with van der Waals surface area (Å²) < 4.78 is 44.7. The zero-order chi connectivity index (χ0) is 23.1. The van der Waals surface area contributed by atoms with Crippen LogP contribution in [0.4, 0.5) is 13.2 Å². The first-order chi connectivity index (χ1) is 15.2. The van der Waals surface area contributed by atoms with Crippen molar-refractivity contribution < 1.29 is 27.8 Å². The van der Waals surface area contributed by atoms with Gasteiger partial charge in [0.1, 0.15) is 18.5 Å². The van der Waals surface area contributed by atoms with Gasteiger partial charge in [-0.25, -0.2) is 0 Å². The molecule has 1 aliphatic heterocycles. The molecule has 1 amide bonds. The topological polar surface area (TPSA) is 75.8 Å². The van der Waals surface area contributed by atoms with Crippen LogP contribution in [0.1, 0.15) is 41.9 Å². The van der Waals surface area contributed by atoms with Gasteiger partial charge in [0.2, 0.25) is 5.91 Å². The number of para-hydroxylation sites is 1. The fraction of sp³-hybridized carbons (Fsp3) is 0.458. The molecule has 1 unspecified atom stereocenters. The number of piperidine rings is 1. The van der Waals surface area contributed by atoms with E-state index in [4.69, 9.17) is 10.5 Å². The summed E-state index contributed by atoms with van der Waals surface area (Å²) in [4.78, 5) is 13.1. The smallest absolute Gasteiger partial charge is 0.416 e. The molecule has 5 nitrogen and oxygen atoms in total. The molecule has 1 fully saturated rings. The Kier molecular flexibility index (Phi) is 8.15. The summed E-state index contributed by atoms with van der Waals surface area (Å²) in [7, 11) is 0. The van der Waals surface area contributed by atoms with Gasteiger partial charge in [-0.3, -0.25) is 4.79 Å². The molecule has 0 radical (unpaired) electrons. The number of halogens is 3. The molecule has 1 heterocycles. The Morgan fingerprint density at radius 3 is 2.56 bits per heavy atom. The van der Waals surface area contributed by atoms with Crippen LogP contribution in [-0.2, 0) is 17.4 Å². The Morgan fingerprint density at radius 2 is 1.88 bits per heavy atom. The van der Waals surface area contributed by atoms with E-state index in [1.165, 1.54) is 12.1 Å². The third-order valence-electron chi connectivity index (χ3n) is 5.79. The van der Waals surface area contributed by atoms with Crippen molar-refractivity contribution in [2.24, 2.45) is 5.73 Å². The SMILES string of the molecule is NC(=O)CCc1ccccc1OCC(O)CN1CCC(c2cccc(C(F)(F)F)c2)CC1. The maximum atomic E-state index is 13.0. The number of nitrogens with zero attached hydrogens (tertiary/aromatic N) is 1. The maximum Gasteiger partial charge on any atom is 0.416 e. The van der Waals surface area contributed by atoms with E-state index in [1.54, 1.807) is 12.1 Å². The summed E-state index contributed by atoms with van der Waals surface area (Å²) in [6, 6.07) is 12.9. The highest BCUT2D eigenvalue weighted by Crippen LogP contribution is 2.34. The van der Waals surface area contributed by atoms with Crippen molar-refractivity contribution in [3.63, 3.8) is 0 Å². The van der Waals surface area contributed by atoms with Crippen LogP contribution in [-0.4, -0.2) is 48.3 Å². The van der Waals surface area contributed by atoms with Crippen molar-refractivity contribution in [3.05, 3.63) is 65.2 Å². The minimum atomic E-state index is -4.33. The number of primary amides is 1. The van der Waals surface area contributed by atoms with E-state index in [9.17, 15) is 23.1 Å². The summed E-state index contributed by atoms with van der Waals surface area (Å²) in [6.45, 7) is 1.94. The Hall–Kier alpha value is -2.58. The molecule has 1 atom stereocenters. The third-order valence-corrected chi connectivity index (χ3v) is 5.79. The zero-order valence-electron chi connectivity index (χ0n) is 17.9. The number of hydrogen-bond acceptors (Lipinski definition) is 4. The molecule has 8 heteroatoms. The largest absolute Gasteiger partial charge is 0.491 e. The molecular weight excluding hydrogens is 421 g/mol. The van der Waals surface area contributed by atoms with Gasteiger partial charge in [0.15, 0.2) is 0 Å². The van der Waals surface area contributed by atoms with Gasteiger partial charge >= 0.3 is 6.18 Å². The lowest BCUT2D eigenvalue weighted by Crippen LogP contribution is -2.40. The van der Waals surface area contributed by atoms with Crippen molar-refractivity contribution in [2.45, 2.75) is 43.9 Å². The summed E-state index contributed by atoms with van der Waals surface area (Å²) in [5.74, 6) is 0.323. The number of β-amino-alcohol motifs (C(OH)–C–C–N with tert-alkyl or cyclic N) is 1. The monoisotopic (exact) mass is 450 g/mol. The fourth-order valence-electron chi connectivity index (χ4n) is 4.06. The zero-order valence-corrected chi connectivity index (χ0v) is 17.9. The van der Waals surface area contributed by atoms with Crippen LogP contribution in [0.25, 0.3) is 0 Å². The lowest BCUT2D eigenvalue weighted by molar-refractivity contribution is -0.137. The standard InChI is InChI=1S/C24H29F3N2O3/c25-24(26,27)20-6-3-5-19(14-20)17-10-12-29(13-11-17)15-21(30)16-32-22-7-2-1-4-18(22)8-9-23(28)31/h1-7,14,17,21,30H,8-13,15-16H2,(H2,28,31). The second kappa shape index (κ2) is 10.8. The molecular formula is C24H29F3N2O3. The van der Waals surface area contributed by atoms with Crippen LogP contribution in [0.2, 0.25) is 0 Å². The first-order valence-electron chi connectivity index (χ1n) is 10.8. The van der Waals surface area contributed by atoms with E-state index in [0.717, 1.165) is 30.0 Å². The highest BCUT2D eigenvalue weighted by atomic mass is 19.4. The van der Waals surface area contributed by atoms with Crippen LogP contribution >= 0.6 is 0 Å². The number of aryl methyl sites for hydroxylation is 1. The van der Waals surface area contributed by atoms with Crippen LogP contribution in [0.15, 0.2) is 48.5 Å². The Balaban J connectivity index is 1.46. The molecule has 0 bridgehead atoms. The predicted octanol–water partition coefficient (Wildman–Crippen LogP) is 3.74. The molecule has 3 N–H and O–H groups in total. The Labute approximate surface area is 186 Å². The molecule has 0 aliphatic carbocycles. The van der Waals surface area contributed by atoms with Crippen molar-refractivity contribution in [3.8, 4) is 5.75 Å². The number of ether oxygens (including phenoxy) is 1. The number of carbonyl (C=O) groups is 1. The van der Waals surface area contributed by atoms with E-state index in [1.807, 2.05) is 18.2 Å². The Morgan fingerprint density at radius 1 is 1.16 bits per heavy atom. The number of aliphatic hydroxyl groups excluding tert-OH is 1. The van der Waals surface area contributed by atoms with Crippen molar-refractivity contribution in [2.75, 3.05) is 26.2 Å². The number of likely N-dealkylation sites (tertiary alicyclic amines) is 1. The van der Waals surface area contributed by atoms with Gasteiger partial charge < -0.3 is 20.5 Å². The molecule has 32 heavy (non-hydrogen) atoms. The summed E-state index contributed by atoms with van der Waals surface area (Å²) in [5, 5.41) is 10.4. The van der Waals surface area contributed by atoms with Gasteiger partial charge in [-0.15, -0.1) is 0 Å². The number of amides is 1. The van der Waals surface area contributed by atoms with E-state index in [2.05, 4.69) is 4.90 Å². The number of benzene rings is 2. The predicted molar refractivity (Wildman–Crippen MR) is 115 cm³/mol. The normalized spacial score (nSPS) is 16.6. The molecule has 2 aromatic carbocycles. The third kappa shape index (κ3) is 6.97. The molecule has 0 aromatic heterocycles. The maximum absolute atomic E-state index is 13.0. The second-order valence-corrected chi connectivity index (χ2v) is 8.24.